The van der Waals surface area contributed by atoms with E-state index in [9.17, 15) is 4.79 Å². The quantitative estimate of drug-likeness (QED) is 0.676. The van der Waals surface area contributed by atoms with Gasteiger partial charge in [0, 0.05) is 25.2 Å². The van der Waals surface area contributed by atoms with Crippen LogP contribution in [-0.2, 0) is 4.79 Å². The van der Waals surface area contributed by atoms with Gasteiger partial charge in [0.05, 0.1) is 0 Å². The van der Waals surface area contributed by atoms with E-state index in [4.69, 9.17) is 0 Å². The topological polar surface area (TPSA) is 91.8 Å². The third-order valence-corrected chi connectivity index (χ3v) is 3.51. The molecule has 2 aromatic rings. The van der Waals surface area contributed by atoms with Crippen molar-refractivity contribution in [3.8, 4) is 0 Å². The predicted octanol–water partition coefficient (Wildman–Crippen LogP) is 1.86. The SMILES string of the molecule is Cc1ccnc(Nc2ccc(NCCNC(=O)C3CC3)nn2)c1. The monoisotopic (exact) mass is 312 g/mol. The minimum absolute atomic E-state index is 0.156. The van der Waals surface area contributed by atoms with Gasteiger partial charge in [-0.1, -0.05) is 0 Å². The molecular weight excluding hydrogens is 292 g/mol. The van der Waals surface area contributed by atoms with Crippen LogP contribution in [0.15, 0.2) is 30.5 Å². The number of amides is 1. The fraction of sp³-hybridized carbons (Fsp3) is 0.375. The van der Waals surface area contributed by atoms with Gasteiger partial charge in [-0.15, -0.1) is 10.2 Å². The zero-order valence-corrected chi connectivity index (χ0v) is 13.0. The lowest BCUT2D eigenvalue weighted by Gasteiger charge is -2.08. The van der Waals surface area contributed by atoms with Crippen LogP contribution >= 0.6 is 0 Å². The normalized spacial score (nSPS) is 13.4. The number of anilines is 3. The van der Waals surface area contributed by atoms with Gasteiger partial charge in [-0.3, -0.25) is 4.79 Å². The first kappa shape index (κ1) is 15.2. The number of nitrogens with one attached hydrogen (secondary N) is 3. The molecule has 0 radical (unpaired) electrons. The summed E-state index contributed by atoms with van der Waals surface area (Å²) in [6.07, 6.45) is 3.79. The van der Waals surface area contributed by atoms with Crippen molar-refractivity contribution in [1.29, 1.82) is 0 Å². The van der Waals surface area contributed by atoms with E-state index < -0.39 is 0 Å². The third kappa shape index (κ3) is 4.64. The predicted molar refractivity (Wildman–Crippen MR) is 88.5 cm³/mol. The summed E-state index contributed by atoms with van der Waals surface area (Å²) in [6.45, 7) is 3.22. The lowest BCUT2D eigenvalue weighted by molar-refractivity contribution is -0.122. The third-order valence-electron chi connectivity index (χ3n) is 3.51. The molecule has 2 heterocycles. The molecule has 1 amide bonds. The minimum Gasteiger partial charge on any atom is -0.367 e. The second kappa shape index (κ2) is 7.04. The molecule has 0 saturated heterocycles. The zero-order chi connectivity index (χ0) is 16.1. The van der Waals surface area contributed by atoms with Gasteiger partial charge in [-0.25, -0.2) is 4.98 Å². The van der Waals surface area contributed by atoms with E-state index in [0.29, 0.717) is 24.7 Å². The fourth-order valence-corrected chi connectivity index (χ4v) is 2.10. The van der Waals surface area contributed by atoms with E-state index in [0.717, 1.165) is 24.2 Å². The maximum atomic E-state index is 11.5. The number of nitrogens with zero attached hydrogens (tertiary/aromatic N) is 3. The molecule has 2 aromatic heterocycles. The van der Waals surface area contributed by atoms with Crippen LogP contribution in [0.5, 0.6) is 0 Å². The number of hydrogen-bond acceptors (Lipinski definition) is 6. The summed E-state index contributed by atoms with van der Waals surface area (Å²) in [4.78, 5) is 15.7. The van der Waals surface area contributed by atoms with Crippen molar-refractivity contribution in [3.05, 3.63) is 36.0 Å². The van der Waals surface area contributed by atoms with E-state index >= 15 is 0 Å². The highest BCUT2D eigenvalue weighted by molar-refractivity contribution is 5.80. The second-order valence-corrected chi connectivity index (χ2v) is 5.64. The Morgan fingerprint density at radius 3 is 2.61 bits per heavy atom. The van der Waals surface area contributed by atoms with Crippen LogP contribution in [0.25, 0.3) is 0 Å². The van der Waals surface area contributed by atoms with E-state index in [2.05, 4.69) is 31.1 Å². The Bertz CT molecular complexity index is 669. The van der Waals surface area contributed by atoms with Crippen LogP contribution in [0.1, 0.15) is 18.4 Å². The van der Waals surface area contributed by atoms with Gasteiger partial charge in [-0.2, -0.15) is 0 Å². The summed E-state index contributed by atoms with van der Waals surface area (Å²) < 4.78 is 0. The highest BCUT2D eigenvalue weighted by atomic mass is 16.2. The first-order valence-electron chi connectivity index (χ1n) is 7.76. The largest absolute Gasteiger partial charge is 0.367 e. The summed E-state index contributed by atoms with van der Waals surface area (Å²) in [5, 5.41) is 17.3. The Labute approximate surface area is 134 Å². The van der Waals surface area contributed by atoms with Crippen molar-refractivity contribution in [2.24, 2.45) is 5.92 Å². The molecule has 0 unspecified atom stereocenters. The highest BCUT2D eigenvalue weighted by Crippen LogP contribution is 2.28. The van der Waals surface area contributed by atoms with E-state index in [1.807, 2.05) is 31.2 Å². The molecule has 120 valence electrons. The Balaban J connectivity index is 1.44. The molecule has 1 aliphatic rings. The van der Waals surface area contributed by atoms with Gasteiger partial charge in [-0.05, 0) is 49.6 Å². The molecule has 7 heteroatoms. The molecule has 1 aliphatic carbocycles. The van der Waals surface area contributed by atoms with Gasteiger partial charge in [0.15, 0.2) is 5.82 Å². The van der Waals surface area contributed by atoms with Crippen molar-refractivity contribution in [3.63, 3.8) is 0 Å². The fourth-order valence-electron chi connectivity index (χ4n) is 2.10. The Kier molecular flexibility index (Phi) is 4.65. The second-order valence-electron chi connectivity index (χ2n) is 5.64. The standard InChI is InChI=1S/C16H20N6O/c1-11-6-7-17-15(10-11)20-14-5-4-13(21-22-14)18-8-9-19-16(23)12-2-3-12/h4-7,10,12H,2-3,8-9H2,1H3,(H,18,21)(H,19,23)(H,17,20,22). The van der Waals surface area contributed by atoms with Crippen LogP contribution in [0.4, 0.5) is 17.5 Å². The zero-order valence-electron chi connectivity index (χ0n) is 13.0. The van der Waals surface area contributed by atoms with Gasteiger partial charge in [0.1, 0.15) is 11.6 Å². The Morgan fingerprint density at radius 1 is 1.13 bits per heavy atom. The maximum Gasteiger partial charge on any atom is 0.223 e. The summed E-state index contributed by atoms with van der Waals surface area (Å²) in [5.74, 6) is 2.45. The Morgan fingerprint density at radius 2 is 1.91 bits per heavy atom. The van der Waals surface area contributed by atoms with Crippen molar-refractivity contribution in [1.82, 2.24) is 20.5 Å². The number of hydrogen-bond donors (Lipinski definition) is 3. The van der Waals surface area contributed by atoms with Crippen LogP contribution < -0.4 is 16.0 Å². The summed E-state index contributed by atoms with van der Waals surface area (Å²) >= 11 is 0. The van der Waals surface area contributed by atoms with Gasteiger partial charge >= 0.3 is 0 Å². The highest BCUT2D eigenvalue weighted by Gasteiger charge is 2.28. The smallest absolute Gasteiger partial charge is 0.223 e. The molecule has 0 bridgehead atoms. The molecule has 7 nitrogen and oxygen atoms in total. The lowest BCUT2D eigenvalue weighted by Crippen LogP contribution is -2.29. The van der Waals surface area contributed by atoms with Gasteiger partial charge < -0.3 is 16.0 Å². The van der Waals surface area contributed by atoms with Crippen LogP contribution in [-0.4, -0.2) is 34.2 Å². The summed E-state index contributed by atoms with van der Waals surface area (Å²) in [5.41, 5.74) is 1.13. The molecule has 3 rings (SSSR count). The molecule has 1 saturated carbocycles. The molecule has 0 aliphatic heterocycles. The van der Waals surface area contributed by atoms with Crippen molar-refractivity contribution < 1.29 is 4.79 Å². The van der Waals surface area contributed by atoms with E-state index in [-0.39, 0.29) is 11.8 Å². The summed E-state index contributed by atoms with van der Waals surface area (Å²) in [7, 11) is 0. The first-order chi connectivity index (χ1) is 11.2. The number of pyridine rings is 1. The minimum atomic E-state index is 0.156. The van der Waals surface area contributed by atoms with Crippen molar-refractivity contribution >= 4 is 23.4 Å². The molecule has 3 N–H and O–H groups in total. The average Bonchev–Trinajstić information content (AvgIpc) is 3.38. The molecule has 1 fully saturated rings. The van der Waals surface area contributed by atoms with Crippen molar-refractivity contribution in [2.45, 2.75) is 19.8 Å². The van der Waals surface area contributed by atoms with E-state index in [1.165, 1.54) is 0 Å². The number of rotatable bonds is 7. The number of aryl methyl sites for hydroxylation is 1. The molecule has 0 atom stereocenters. The molecule has 0 spiro atoms. The van der Waals surface area contributed by atoms with Crippen LogP contribution in [0.2, 0.25) is 0 Å². The molecule has 23 heavy (non-hydrogen) atoms. The van der Waals surface area contributed by atoms with Crippen LogP contribution in [0.3, 0.4) is 0 Å². The number of carbonyl (C=O) groups is 1. The Hall–Kier alpha value is -2.70. The number of aromatic nitrogens is 3. The molecule has 0 aromatic carbocycles. The van der Waals surface area contributed by atoms with Gasteiger partial charge in [0.2, 0.25) is 5.91 Å². The molecular formula is C16H20N6O. The maximum absolute atomic E-state index is 11.5. The van der Waals surface area contributed by atoms with Gasteiger partial charge in [0.25, 0.3) is 0 Å². The summed E-state index contributed by atoms with van der Waals surface area (Å²) in [6, 6.07) is 7.55. The van der Waals surface area contributed by atoms with Crippen LogP contribution in [0, 0.1) is 12.8 Å². The lowest BCUT2D eigenvalue weighted by atomic mass is 10.3. The van der Waals surface area contributed by atoms with Crippen molar-refractivity contribution in [2.75, 3.05) is 23.7 Å². The van der Waals surface area contributed by atoms with E-state index in [1.54, 1.807) is 6.20 Å². The first-order valence-corrected chi connectivity index (χ1v) is 7.76. The average molecular weight is 312 g/mol. The number of carbonyl (C=O) groups excluding carboxylic acids is 1.